The van der Waals surface area contributed by atoms with Gasteiger partial charge < -0.3 is 9.55 Å². The summed E-state index contributed by atoms with van der Waals surface area (Å²) >= 11 is 6.60. The van der Waals surface area contributed by atoms with Crippen LogP contribution in [-0.2, 0) is 6.54 Å². The average molecular weight is 414 g/mol. The fraction of sp³-hybridized carbons (Fsp3) is 0.120. The van der Waals surface area contributed by atoms with Crippen LogP contribution < -0.4 is 5.56 Å². The molecular weight excluding hydrogens is 394 g/mol. The van der Waals surface area contributed by atoms with Gasteiger partial charge in [-0.15, -0.1) is 0 Å². The summed E-state index contributed by atoms with van der Waals surface area (Å²) in [5.41, 5.74) is 5.76. The number of hydrogen-bond acceptors (Lipinski definition) is 2. The van der Waals surface area contributed by atoms with Crippen molar-refractivity contribution < 1.29 is 0 Å². The van der Waals surface area contributed by atoms with Gasteiger partial charge in [0.15, 0.2) is 0 Å². The van der Waals surface area contributed by atoms with Gasteiger partial charge in [-0.25, -0.2) is 4.98 Å². The third-order valence-electron chi connectivity index (χ3n) is 5.48. The average Bonchev–Trinajstić information content (AvgIpc) is 3.08. The lowest BCUT2D eigenvalue weighted by atomic mass is 10.1. The van der Waals surface area contributed by atoms with E-state index >= 15 is 0 Å². The summed E-state index contributed by atoms with van der Waals surface area (Å²) in [5.74, 6) is 0.553. The van der Waals surface area contributed by atoms with Crippen molar-refractivity contribution in [1.82, 2.24) is 14.5 Å². The number of nitrogens with zero attached hydrogens (tertiary/aromatic N) is 2. The largest absolute Gasteiger partial charge is 0.341 e. The van der Waals surface area contributed by atoms with Gasteiger partial charge in [-0.1, -0.05) is 65.7 Å². The highest BCUT2D eigenvalue weighted by Gasteiger charge is 2.16. The van der Waals surface area contributed by atoms with Gasteiger partial charge in [-0.3, -0.25) is 4.79 Å². The first-order chi connectivity index (χ1) is 14.5. The molecule has 3 aromatic carbocycles. The van der Waals surface area contributed by atoms with Crippen molar-refractivity contribution in [3.05, 3.63) is 98.9 Å². The Balaban J connectivity index is 1.75. The lowest BCUT2D eigenvalue weighted by molar-refractivity contribution is 0.836. The Labute approximate surface area is 178 Å². The first-order valence-electron chi connectivity index (χ1n) is 9.84. The topological polar surface area (TPSA) is 50.7 Å². The first-order valence-corrected chi connectivity index (χ1v) is 10.2. The molecule has 0 unspecified atom stereocenters. The molecule has 4 nitrogen and oxygen atoms in total. The lowest BCUT2D eigenvalue weighted by Crippen LogP contribution is -2.10. The molecule has 0 saturated carbocycles. The monoisotopic (exact) mass is 413 g/mol. The molecule has 0 amide bonds. The molecule has 0 bridgehead atoms. The number of para-hydroxylation sites is 2. The predicted octanol–water partition coefficient (Wildman–Crippen LogP) is 5.86. The number of fused-ring (bicyclic) bond motifs is 2. The maximum atomic E-state index is 12.7. The normalized spacial score (nSPS) is 11.4. The van der Waals surface area contributed by atoms with Crippen LogP contribution in [0.25, 0.3) is 33.2 Å². The molecule has 2 aromatic heterocycles. The zero-order valence-electron chi connectivity index (χ0n) is 16.7. The van der Waals surface area contributed by atoms with Crippen LogP contribution in [0.3, 0.4) is 0 Å². The molecular formula is C25H20ClN3O. The molecule has 0 saturated heterocycles. The number of rotatable bonds is 3. The Bertz CT molecular complexity index is 1480. The molecule has 30 heavy (non-hydrogen) atoms. The van der Waals surface area contributed by atoms with Gasteiger partial charge in [-0.05, 0) is 37.1 Å². The molecule has 0 aliphatic carbocycles. The molecule has 0 spiro atoms. The van der Waals surface area contributed by atoms with Gasteiger partial charge >= 0.3 is 0 Å². The summed E-state index contributed by atoms with van der Waals surface area (Å²) in [6.45, 7) is 4.73. The molecule has 5 aromatic rings. The number of nitrogens with one attached hydrogen (secondary N) is 1. The standard InChI is InChI=1S/C25H20ClN3O/c1-15-6-3-8-17(12-15)13-29-14-20(18-9-5-11-21(26)23(18)29)24-27-22-16(2)7-4-10-19(22)25(30)28-24/h3-12,14H,13H2,1-2H3,(H,27,28,30). The van der Waals surface area contributed by atoms with Gasteiger partial charge in [0.05, 0.1) is 21.4 Å². The van der Waals surface area contributed by atoms with Crippen LogP contribution in [0.2, 0.25) is 5.02 Å². The van der Waals surface area contributed by atoms with Crippen LogP contribution >= 0.6 is 11.6 Å². The van der Waals surface area contributed by atoms with Crippen LogP contribution in [0.15, 0.2) is 71.7 Å². The first kappa shape index (κ1) is 18.6. The SMILES string of the molecule is Cc1cccc(Cn2cc(-c3nc4c(C)cccc4c(=O)[nH]3)c3cccc(Cl)c32)c1. The summed E-state index contributed by atoms with van der Waals surface area (Å²) in [7, 11) is 0. The van der Waals surface area contributed by atoms with Crippen LogP contribution in [0.5, 0.6) is 0 Å². The van der Waals surface area contributed by atoms with Crippen molar-refractivity contribution in [2.24, 2.45) is 0 Å². The van der Waals surface area contributed by atoms with E-state index in [0.717, 1.165) is 27.5 Å². The zero-order valence-corrected chi connectivity index (χ0v) is 17.5. The molecule has 0 fully saturated rings. The van der Waals surface area contributed by atoms with Crippen molar-refractivity contribution in [2.75, 3.05) is 0 Å². The second kappa shape index (κ2) is 7.15. The Morgan fingerprint density at radius 3 is 2.60 bits per heavy atom. The highest BCUT2D eigenvalue weighted by molar-refractivity contribution is 6.35. The zero-order chi connectivity index (χ0) is 20.8. The fourth-order valence-corrected chi connectivity index (χ4v) is 4.35. The molecule has 0 atom stereocenters. The minimum absolute atomic E-state index is 0.139. The predicted molar refractivity (Wildman–Crippen MR) is 123 cm³/mol. The number of H-pyrrole nitrogens is 1. The fourth-order valence-electron chi connectivity index (χ4n) is 4.07. The molecule has 148 valence electrons. The van der Waals surface area contributed by atoms with Gasteiger partial charge in [0.2, 0.25) is 0 Å². The smallest absolute Gasteiger partial charge is 0.259 e. The van der Waals surface area contributed by atoms with E-state index in [1.807, 2.05) is 43.5 Å². The quantitative estimate of drug-likeness (QED) is 0.402. The number of benzene rings is 3. The van der Waals surface area contributed by atoms with E-state index in [1.54, 1.807) is 6.07 Å². The van der Waals surface area contributed by atoms with E-state index in [4.69, 9.17) is 16.6 Å². The Morgan fingerprint density at radius 1 is 1.00 bits per heavy atom. The molecule has 0 radical (unpaired) electrons. The second-order valence-corrected chi connectivity index (χ2v) is 8.09. The van der Waals surface area contributed by atoms with Crippen molar-refractivity contribution in [3.63, 3.8) is 0 Å². The molecule has 0 aliphatic rings. The molecule has 1 N–H and O–H groups in total. The van der Waals surface area contributed by atoms with E-state index in [2.05, 4.69) is 40.7 Å². The molecule has 0 aliphatic heterocycles. The van der Waals surface area contributed by atoms with E-state index in [0.29, 0.717) is 22.8 Å². The Morgan fingerprint density at radius 2 is 1.77 bits per heavy atom. The number of aromatic nitrogens is 3. The molecule has 2 heterocycles. The highest BCUT2D eigenvalue weighted by atomic mass is 35.5. The van der Waals surface area contributed by atoms with Crippen LogP contribution in [0.4, 0.5) is 0 Å². The summed E-state index contributed by atoms with van der Waals surface area (Å²) in [6, 6.07) is 19.9. The van der Waals surface area contributed by atoms with Gasteiger partial charge in [0.25, 0.3) is 5.56 Å². The number of halogens is 1. The minimum atomic E-state index is -0.139. The van der Waals surface area contributed by atoms with Crippen LogP contribution in [0.1, 0.15) is 16.7 Å². The summed E-state index contributed by atoms with van der Waals surface area (Å²) < 4.78 is 2.13. The molecule has 5 rings (SSSR count). The van der Waals surface area contributed by atoms with Crippen LogP contribution in [0, 0.1) is 13.8 Å². The minimum Gasteiger partial charge on any atom is -0.341 e. The summed E-state index contributed by atoms with van der Waals surface area (Å²) in [4.78, 5) is 20.5. The van der Waals surface area contributed by atoms with Gasteiger partial charge in [-0.2, -0.15) is 0 Å². The number of aryl methyl sites for hydroxylation is 2. The van der Waals surface area contributed by atoms with Crippen molar-refractivity contribution >= 4 is 33.4 Å². The third kappa shape index (κ3) is 3.10. The van der Waals surface area contributed by atoms with Crippen molar-refractivity contribution in [3.8, 4) is 11.4 Å². The second-order valence-electron chi connectivity index (χ2n) is 7.68. The van der Waals surface area contributed by atoms with E-state index < -0.39 is 0 Å². The Hall–Kier alpha value is -3.37. The highest BCUT2D eigenvalue weighted by Crippen LogP contribution is 2.33. The summed E-state index contributed by atoms with van der Waals surface area (Å²) in [5, 5.41) is 2.23. The van der Waals surface area contributed by atoms with Crippen molar-refractivity contribution in [1.29, 1.82) is 0 Å². The number of hydrogen-bond donors (Lipinski definition) is 1. The maximum absolute atomic E-state index is 12.7. The van der Waals surface area contributed by atoms with Crippen molar-refractivity contribution in [2.45, 2.75) is 20.4 Å². The summed E-state index contributed by atoms with van der Waals surface area (Å²) in [6.07, 6.45) is 2.03. The van der Waals surface area contributed by atoms with E-state index in [-0.39, 0.29) is 5.56 Å². The molecule has 5 heteroatoms. The number of aromatic amines is 1. The van der Waals surface area contributed by atoms with E-state index in [1.165, 1.54) is 11.1 Å². The maximum Gasteiger partial charge on any atom is 0.259 e. The van der Waals surface area contributed by atoms with Gasteiger partial charge in [0, 0.05) is 23.7 Å². The lowest BCUT2D eigenvalue weighted by Gasteiger charge is -2.07. The van der Waals surface area contributed by atoms with E-state index in [9.17, 15) is 4.79 Å². The third-order valence-corrected chi connectivity index (χ3v) is 5.78. The van der Waals surface area contributed by atoms with Crippen LogP contribution in [-0.4, -0.2) is 14.5 Å². The Kier molecular flexibility index (Phi) is 4.44. The van der Waals surface area contributed by atoms with Gasteiger partial charge in [0.1, 0.15) is 5.82 Å².